The molecule has 0 atom stereocenters. The number of hydrogen-bond donors (Lipinski definition) is 0. The van der Waals surface area contributed by atoms with Gasteiger partial charge in [0.25, 0.3) is 0 Å². The van der Waals surface area contributed by atoms with E-state index in [0.717, 1.165) is 21.6 Å². The molecule has 3 aromatic rings. The van der Waals surface area contributed by atoms with Crippen molar-refractivity contribution in [1.82, 2.24) is 14.8 Å². The van der Waals surface area contributed by atoms with Crippen LogP contribution < -0.4 is 0 Å². The van der Waals surface area contributed by atoms with Crippen molar-refractivity contribution >= 4 is 45.2 Å². The fourth-order valence-electron chi connectivity index (χ4n) is 2.54. The third kappa shape index (κ3) is 6.29. The molecule has 0 unspecified atom stereocenters. The van der Waals surface area contributed by atoms with Crippen molar-refractivity contribution in [3.05, 3.63) is 88.4 Å². The number of hydrogen-bond acceptors (Lipinski definition) is 5. The lowest BCUT2D eigenvalue weighted by molar-refractivity contribution is 0.102. The van der Waals surface area contributed by atoms with Crippen molar-refractivity contribution < 1.29 is 9.18 Å². The van der Waals surface area contributed by atoms with E-state index in [1.165, 1.54) is 23.9 Å². The molecule has 150 valence electrons. The Morgan fingerprint density at radius 3 is 2.52 bits per heavy atom. The van der Waals surface area contributed by atoms with Crippen molar-refractivity contribution in [1.29, 1.82) is 0 Å². The number of rotatable bonds is 10. The summed E-state index contributed by atoms with van der Waals surface area (Å²) in [6, 6.07) is 13.8. The Balaban J connectivity index is 1.60. The third-order valence-corrected chi connectivity index (χ3v) is 6.51. The maximum atomic E-state index is 13.0. The number of halogens is 2. The van der Waals surface area contributed by atoms with Crippen LogP contribution in [0.4, 0.5) is 4.39 Å². The highest BCUT2D eigenvalue weighted by molar-refractivity contribution is 9.10. The molecule has 0 fully saturated rings. The van der Waals surface area contributed by atoms with E-state index in [1.54, 1.807) is 42.1 Å². The van der Waals surface area contributed by atoms with E-state index in [9.17, 15) is 9.18 Å². The summed E-state index contributed by atoms with van der Waals surface area (Å²) in [4.78, 5) is 12.4. The van der Waals surface area contributed by atoms with Crippen molar-refractivity contribution in [3.8, 4) is 0 Å². The maximum absolute atomic E-state index is 13.0. The smallest absolute Gasteiger partial charge is 0.191 e. The SMILES string of the molecule is C=CCn1c(CSCc2ccc(F)cc2)nnc1SCC(=O)c1ccc(Br)cc1. The van der Waals surface area contributed by atoms with Crippen LogP contribution >= 0.6 is 39.5 Å². The molecule has 0 aliphatic carbocycles. The first-order valence-corrected chi connectivity index (χ1v) is 11.8. The number of aromatic nitrogens is 3. The number of carbonyl (C=O) groups is 1. The topological polar surface area (TPSA) is 47.8 Å². The van der Waals surface area contributed by atoms with Crippen LogP contribution in [0.3, 0.4) is 0 Å². The Morgan fingerprint density at radius 1 is 1.10 bits per heavy atom. The number of allylic oxidation sites excluding steroid dienone is 1. The minimum absolute atomic E-state index is 0.0443. The van der Waals surface area contributed by atoms with E-state index in [-0.39, 0.29) is 11.6 Å². The van der Waals surface area contributed by atoms with Gasteiger partial charge in [0.2, 0.25) is 0 Å². The quantitative estimate of drug-likeness (QED) is 0.204. The van der Waals surface area contributed by atoms with Gasteiger partial charge in [-0.3, -0.25) is 4.79 Å². The molecule has 2 aromatic carbocycles. The molecular formula is C21H19BrFN3OS2. The first-order valence-electron chi connectivity index (χ1n) is 8.83. The van der Waals surface area contributed by atoms with Gasteiger partial charge in [-0.15, -0.1) is 28.5 Å². The summed E-state index contributed by atoms with van der Waals surface area (Å²) in [7, 11) is 0. The summed E-state index contributed by atoms with van der Waals surface area (Å²) >= 11 is 6.43. The molecule has 0 amide bonds. The molecule has 0 saturated carbocycles. The van der Waals surface area contributed by atoms with Crippen molar-refractivity contribution in [2.45, 2.75) is 23.2 Å². The molecule has 8 heteroatoms. The molecule has 0 aliphatic rings. The van der Waals surface area contributed by atoms with Gasteiger partial charge in [-0.1, -0.05) is 58.0 Å². The number of nitrogens with zero attached hydrogens (tertiary/aromatic N) is 3. The Morgan fingerprint density at radius 2 is 1.83 bits per heavy atom. The second-order valence-electron chi connectivity index (χ2n) is 6.14. The van der Waals surface area contributed by atoms with Gasteiger partial charge in [0.1, 0.15) is 11.6 Å². The summed E-state index contributed by atoms with van der Waals surface area (Å²) in [6.45, 7) is 4.38. The summed E-state index contributed by atoms with van der Waals surface area (Å²) in [5.41, 5.74) is 1.73. The van der Waals surface area contributed by atoms with Gasteiger partial charge in [-0.25, -0.2) is 4.39 Å². The summed E-state index contributed by atoms with van der Waals surface area (Å²) in [5, 5.41) is 9.25. The second kappa shape index (κ2) is 10.8. The van der Waals surface area contributed by atoms with Crippen LogP contribution in [-0.2, 0) is 18.1 Å². The van der Waals surface area contributed by atoms with Crippen LogP contribution in [0.2, 0.25) is 0 Å². The summed E-state index contributed by atoms with van der Waals surface area (Å²) < 4.78 is 15.9. The molecule has 4 nitrogen and oxygen atoms in total. The zero-order chi connectivity index (χ0) is 20.6. The predicted octanol–water partition coefficient (Wildman–Crippen LogP) is 5.77. The lowest BCUT2D eigenvalue weighted by Gasteiger charge is -2.08. The Bertz CT molecular complexity index is 975. The Kier molecular flexibility index (Phi) is 8.09. The molecule has 3 rings (SSSR count). The number of ketones is 1. The highest BCUT2D eigenvalue weighted by atomic mass is 79.9. The fourth-order valence-corrected chi connectivity index (χ4v) is 4.59. The van der Waals surface area contributed by atoms with E-state index in [0.29, 0.717) is 28.8 Å². The maximum Gasteiger partial charge on any atom is 0.191 e. The number of Topliss-reactive ketones (excluding diaryl/α,β-unsaturated/α-hetero) is 1. The number of carbonyl (C=O) groups excluding carboxylic acids is 1. The van der Waals surface area contributed by atoms with E-state index in [1.807, 2.05) is 16.7 Å². The highest BCUT2D eigenvalue weighted by Crippen LogP contribution is 2.23. The van der Waals surface area contributed by atoms with Gasteiger partial charge >= 0.3 is 0 Å². The molecule has 0 bridgehead atoms. The van der Waals surface area contributed by atoms with Gasteiger partial charge in [0.15, 0.2) is 10.9 Å². The van der Waals surface area contributed by atoms with Crippen LogP contribution in [-0.4, -0.2) is 26.3 Å². The van der Waals surface area contributed by atoms with Gasteiger partial charge in [0.05, 0.1) is 11.5 Å². The van der Waals surface area contributed by atoms with Crippen LogP contribution in [0.5, 0.6) is 0 Å². The molecule has 0 radical (unpaired) electrons. The number of benzene rings is 2. The highest BCUT2D eigenvalue weighted by Gasteiger charge is 2.14. The molecule has 0 aliphatic heterocycles. The largest absolute Gasteiger partial charge is 0.301 e. The van der Waals surface area contributed by atoms with E-state index in [2.05, 4.69) is 32.7 Å². The van der Waals surface area contributed by atoms with E-state index >= 15 is 0 Å². The van der Waals surface area contributed by atoms with Crippen molar-refractivity contribution in [2.24, 2.45) is 0 Å². The normalized spacial score (nSPS) is 10.8. The van der Waals surface area contributed by atoms with Gasteiger partial charge in [0, 0.05) is 22.3 Å². The zero-order valence-corrected chi connectivity index (χ0v) is 18.8. The lowest BCUT2D eigenvalue weighted by atomic mass is 10.2. The van der Waals surface area contributed by atoms with Gasteiger partial charge < -0.3 is 4.57 Å². The van der Waals surface area contributed by atoms with Crippen LogP contribution in [0, 0.1) is 5.82 Å². The average Bonchev–Trinajstić information content (AvgIpc) is 3.10. The van der Waals surface area contributed by atoms with E-state index in [4.69, 9.17) is 0 Å². The monoisotopic (exact) mass is 491 g/mol. The molecule has 1 aromatic heterocycles. The van der Waals surface area contributed by atoms with Gasteiger partial charge in [-0.05, 0) is 29.8 Å². The minimum Gasteiger partial charge on any atom is -0.301 e. The number of thioether (sulfide) groups is 2. The summed E-state index contributed by atoms with van der Waals surface area (Å²) in [6.07, 6.45) is 1.79. The first-order chi connectivity index (χ1) is 14.1. The Labute approximate surface area is 186 Å². The minimum atomic E-state index is -0.233. The summed E-state index contributed by atoms with van der Waals surface area (Å²) in [5.74, 6) is 2.35. The Hall–Kier alpha value is -1.90. The van der Waals surface area contributed by atoms with Crippen LogP contribution in [0.15, 0.2) is 70.8 Å². The predicted molar refractivity (Wildman–Crippen MR) is 121 cm³/mol. The third-order valence-electron chi connectivity index (χ3n) is 4.02. The molecule has 0 N–H and O–H groups in total. The molecule has 0 saturated heterocycles. The van der Waals surface area contributed by atoms with Crippen LogP contribution in [0.25, 0.3) is 0 Å². The zero-order valence-electron chi connectivity index (χ0n) is 15.6. The molecule has 29 heavy (non-hydrogen) atoms. The molecular weight excluding hydrogens is 473 g/mol. The fraction of sp³-hybridized carbons (Fsp3) is 0.190. The van der Waals surface area contributed by atoms with Crippen molar-refractivity contribution in [2.75, 3.05) is 5.75 Å². The van der Waals surface area contributed by atoms with E-state index < -0.39 is 0 Å². The average molecular weight is 492 g/mol. The van der Waals surface area contributed by atoms with Gasteiger partial charge in [-0.2, -0.15) is 0 Å². The van der Waals surface area contributed by atoms with Crippen LogP contribution in [0.1, 0.15) is 21.7 Å². The molecule has 1 heterocycles. The van der Waals surface area contributed by atoms with Crippen molar-refractivity contribution in [3.63, 3.8) is 0 Å². The lowest BCUT2D eigenvalue weighted by Crippen LogP contribution is -2.06. The standard InChI is InChI=1S/C21H19BrFN3OS2/c1-2-11-26-20(14-28-12-15-3-9-18(23)10-4-15)24-25-21(26)29-13-19(27)16-5-7-17(22)8-6-16/h2-10H,1,11-14H2. The second-order valence-corrected chi connectivity index (χ2v) is 8.98. The molecule has 0 spiro atoms. The first kappa shape index (κ1) is 21.8.